The van der Waals surface area contributed by atoms with Crippen LogP contribution in [0.1, 0.15) is 11.1 Å². The summed E-state index contributed by atoms with van der Waals surface area (Å²) in [6.07, 6.45) is 0. The molecule has 0 saturated heterocycles. The summed E-state index contributed by atoms with van der Waals surface area (Å²) in [4.78, 5) is 0. The molecule has 0 radical (unpaired) electrons. The van der Waals surface area contributed by atoms with Gasteiger partial charge in [-0.25, -0.2) is 4.39 Å². The van der Waals surface area contributed by atoms with E-state index in [0.29, 0.717) is 17.7 Å². The largest absolute Gasteiger partial charge is 0.409 e. The van der Waals surface area contributed by atoms with Crippen molar-refractivity contribution < 1.29 is 9.60 Å². The summed E-state index contributed by atoms with van der Waals surface area (Å²) in [5, 5.41) is 18.3. The molecule has 1 heterocycles. The van der Waals surface area contributed by atoms with Crippen LogP contribution in [-0.2, 0) is 6.54 Å². The van der Waals surface area contributed by atoms with Gasteiger partial charge in [-0.05, 0) is 17.5 Å². The number of anilines is 1. The molecule has 2 rings (SSSR count). The van der Waals surface area contributed by atoms with Crippen LogP contribution in [0, 0.1) is 5.82 Å². The van der Waals surface area contributed by atoms with Crippen LogP contribution in [0.4, 0.5) is 10.1 Å². The Morgan fingerprint density at radius 2 is 2.28 bits per heavy atom. The van der Waals surface area contributed by atoms with Crippen LogP contribution < -0.4 is 11.1 Å². The van der Waals surface area contributed by atoms with Gasteiger partial charge in [-0.3, -0.25) is 0 Å². The summed E-state index contributed by atoms with van der Waals surface area (Å²) in [7, 11) is 0. The van der Waals surface area contributed by atoms with Gasteiger partial charge in [0.05, 0.1) is 0 Å². The average molecular weight is 265 g/mol. The average Bonchev–Trinajstić information content (AvgIpc) is 2.89. The number of oxime groups is 1. The highest BCUT2D eigenvalue weighted by Gasteiger charge is 2.06. The predicted octanol–water partition coefficient (Wildman–Crippen LogP) is 2.59. The first-order chi connectivity index (χ1) is 8.70. The Hall–Kier alpha value is -2.08. The number of thiophene rings is 1. The summed E-state index contributed by atoms with van der Waals surface area (Å²) in [6.45, 7) is 0.388. The van der Waals surface area contributed by atoms with Gasteiger partial charge in [-0.2, -0.15) is 11.3 Å². The van der Waals surface area contributed by atoms with Gasteiger partial charge in [0.25, 0.3) is 0 Å². The fourth-order valence-corrected chi connectivity index (χ4v) is 2.08. The number of nitrogens with two attached hydrogens (primary N) is 1. The molecule has 2 aromatic rings. The molecular weight excluding hydrogens is 253 g/mol. The van der Waals surface area contributed by atoms with Crippen LogP contribution in [0.15, 0.2) is 40.2 Å². The van der Waals surface area contributed by atoms with Crippen molar-refractivity contribution in [3.05, 3.63) is 52.0 Å². The van der Waals surface area contributed by atoms with Gasteiger partial charge in [0.2, 0.25) is 0 Å². The maximum atomic E-state index is 13.7. The molecule has 0 fully saturated rings. The summed E-state index contributed by atoms with van der Waals surface area (Å²) >= 11 is 1.57. The van der Waals surface area contributed by atoms with Crippen LogP contribution in [0.5, 0.6) is 0 Å². The molecule has 0 amide bonds. The fraction of sp³-hybridized carbons (Fsp3) is 0.0833. The van der Waals surface area contributed by atoms with Gasteiger partial charge >= 0.3 is 0 Å². The highest BCUT2D eigenvalue weighted by molar-refractivity contribution is 7.08. The molecule has 0 atom stereocenters. The summed E-state index contributed by atoms with van der Waals surface area (Å²) in [5.74, 6) is -0.493. The van der Waals surface area contributed by atoms with Crippen molar-refractivity contribution >= 4 is 22.9 Å². The molecular formula is C12H12FN3OS. The molecule has 0 aliphatic rings. The Morgan fingerprint density at radius 1 is 1.44 bits per heavy atom. The molecule has 0 unspecified atom stereocenters. The Morgan fingerprint density at radius 3 is 2.89 bits per heavy atom. The molecule has 0 saturated carbocycles. The highest BCUT2D eigenvalue weighted by atomic mass is 32.1. The normalized spacial score (nSPS) is 11.5. The Balaban J connectivity index is 2.10. The van der Waals surface area contributed by atoms with Crippen molar-refractivity contribution in [3.63, 3.8) is 0 Å². The van der Waals surface area contributed by atoms with E-state index in [4.69, 9.17) is 10.9 Å². The topological polar surface area (TPSA) is 70.6 Å². The van der Waals surface area contributed by atoms with Gasteiger partial charge in [0.15, 0.2) is 5.84 Å². The quantitative estimate of drug-likeness (QED) is 0.344. The molecule has 6 heteroatoms. The zero-order chi connectivity index (χ0) is 13.0. The van der Waals surface area contributed by atoms with Crippen molar-refractivity contribution in [2.24, 2.45) is 10.9 Å². The minimum atomic E-state index is -0.387. The van der Waals surface area contributed by atoms with E-state index in [-0.39, 0.29) is 11.7 Å². The number of halogens is 1. The second kappa shape index (κ2) is 5.50. The minimum Gasteiger partial charge on any atom is -0.409 e. The number of hydrogen-bond acceptors (Lipinski definition) is 4. The lowest BCUT2D eigenvalue weighted by molar-refractivity contribution is 0.318. The van der Waals surface area contributed by atoms with Crippen molar-refractivity contribution in [3.8, 4) is 0 Å². The van der Waals surface area contributed by atoms with Crippen molar-refractivity contribution in [1.29, 1.82) is 0 Å². The van der Waals surface area contributed by atoms with E-state index in [0.717, 1.165) is 5.69 Å². The SMILES string of the molecule is NC(=NO)c1ccc(CNc2ccsc2)c(F)c1. The lowest BCUT2D eigenvalue weighted by Gasteiger charge is -2.07. The van der Waals surface area contributed by atoms with E-state index in [9.17, 15) is 4.39 Å². The molecule has 94 valence electrons. The van der Waals surface area contributed by atoms with Crippen LogP contribution >= 0.6 is 11.3 Å². The number of rotatable bonds is 4. The molecule has 4 nitrogen and oxygen atoms in total. The molecule has 0 aliphatic carbocycles. The van der Waals surface area contributed by atoms with E-state index in [1.807, 2.05) is 16.8 Å². The number of amidine groups is 1. The fourth-order valence-electron chi connectivity index (χ4n) is 1.47. The molecule has 0 aliphatic heterocycles. The van der Waals surface area contributed by atoms with E-state index in [1.165, 1.54) is 6.07 Å². The van der Waals surface area contributed by atoms with E-state index in [2.05, 4.69) is 10.5 Å². The Kier molecular flexibility index (Phi) is 3.78. The summed E-state index contributed by atoms with van der Waals surface area (Å²) < 4.78 is 13.7. The molecule has 0 bridgehead atoms. The second-order valence-electron chi connectivity index (χ2n) is 3.66. The zero-order valence-electron chi connectivity index (χ0n) is 9.43. The molecule has 0 spiro atoms. The minimum absolute atomic E-state index is 0.105. The van der Waals surface area contributed by atoms with Crippen LogP contribution in [0.25, 0.3) is 0 Å². The van der Waals surface area contributed by atoms with Gasteiger partial charge in [-0.15, -0.1) is 0 Å². The molecule has 18 heavy (non-hydrogen) atoms. The van der Waals surface area contributed by atoms with Gasteiger partial charge in [0.1, 0.15) is 5.82 Å². The van der Waals surface area contributed by atoms with E-state index >= 15 is 0 Å². The van der Waals surface area contributed by atoms with E-state index < -0.39 is 0 Å². The third-order valence-electron chi connectivity index (χ3n) is 2.46. The lowest BCUT2D eigenvalue weighted by Crippen LogP contribution is -2.14. The molecule has 4 N–H and O–H groups in total. The summed E-state index contributed by atoms with van der Waals surface area (Å²) in [5.41, 5.74) is 7.22. The van der Waals surface area contributed by atoms with E-state index in [1.54, 1.807) is 23.5 Å². The number of nitrogens with one attached hydrogen (secondary N) is 1. The van der Waals surface area contributed by atoms with Crippen LogP contribution in [0.3, 0.4) is 0 Å². The third-order valence-corrected chi connectivity index (χ3v) is 3.14. The third kappa shape index (κ3) is 2.78. The van der Waals surface area contributed by atoms with Crippen molar-refractivity contribution in [2.75, 3.05) is 5.32 Å². The predicted molar refractivity (Wildman–Crippen MR) is 70.6 cm³/mol. The van der Waals surface area contributed by atoms with Crippen LogP contribution in [0.2, 0.25) is 0 Å². The number of nitrogens with zero attached hydrogens (tertiary/aromatic N) is 1. The first-order valence-electron chi connectivity index (χ1n) is 5.23. The molecule has 1 aromatic carbocycles. The number of benzene rings is 1. The monoisotopic (exact) mass is 265 g/mol. The zero-order valence-corrected chi connectivity index (χ0v) is 10.2. The van der Waals surface area contributed by atoms with Gasteiger partial charge in [-0.1, -0.05) is 17.3 Å². The first kappa shape index (κ1) is 12.4. The number of hydrogen-bond donors (Lipinski definition) is 3. The summed E-state index contributed by atoms with van der Waals surface area (Å²) in [6, 6.07) is 6.40. The van der Waals surface area contributed by atoms with Gasteiger partial charge in [0, 0.05) is 28.7 Å². The Bertz CT molecular complexity index is 554. The van der Waals surface area contributed by atoms with Gasteiger partial charge < -0.3 is 16.3 Å². The maximum Gasteiger partial charge on any atom is 0.170 e. The molecule has 1 aromatic heterocycles. The Labute approximate surface area is 108 Å². The highest BCUT2D eigenvalue weighted by Crippen LogP contribution is 2.15. The lowest BCUT2D eigenvalue weighted by atomic mass is 10.1. The smallest absolute Gasteiger partial charge is 0.170 e. The first-order valence-corrected chi connectivity index (χ1v) is 6.17. The van der Waals surface area contributed by atoms with Crippen molar-refractivity contribution in [2.45, 2.75) is 6.54 Å². The second-order valence-corrected chi connectivity index (χ2v) is 4.44. The van der Waals surface area contributed by atoms with Crippen molar-refractivity contribution in [1.82, 2.24) is 0 Å². The maximum absolute atomic E-state index is 13.7. The van der Waals surface area contributed by atoms with Crippen LogP contribution in [-0.4, -0.2) is 11.0 Å². The standard InChI is InChI=1S/C12H12FN3OS/c13-11-5-8(12(14)16-17)1-2-9(11)6-15-10-3-4-18-7-10/h1-5,7,15,17H,6H2,(H2,14,16).